The summed E-state index contributed by atoms with van der Waals surface area (Å²) in [5.41, 5.74) is 10.7. The molecule has 14 rings (SSSR count). The Morgan fingerprint density at radius 1 is 0.793 bits per heavy atom. The predicted octanol–water partition coefficient (Wildman–Crippen LogP) is 13.2. The summed E-state index contributed by atoms with van der Waals surface area (Å²) in [6.45, 7) is 0.667. The van der Waals surface area contributed by atoms with Gasteiger partial charge in [0.25, 0.3) is 0 Å². The van der Waals surface area contributed by atoms with E-state index in [4.69, 9.17) is 23.4 Å². The number of methoxy groups -OCH3 is 1. The first kappa shape index (κ1) is 57.7. The number of carbonyl (C=O) groups excluding carboxylic acids is 2. The van der Waals surface area contributed by atoms with Crippen molar-refractivity contribution < 1.29 is 48.3 Å². The van der Waals surface area contributed by atoms with Crippen LogP contribution in [-0.2, 0) is 55.1 Å². The number of hydrogen-bond donors (Lipinski definition) is 3. The normalized spacial score (nSPS) is 29.8. The maximum absolute atomic E-state index is 16.0. The van der Waals surface area contributed by atoms with Crippen LogP contribution in [0.15, 0.2) is 130 Å². The number of rotatable bonds is 10. The lowest BCUT2D eigenvalue weighted by molar-refractivity contribution is -0.202. The zero-order valence-corrected chi connectivity index (χ0v) is 50.2. The highest BCUT2D eigenvalue weighted by Crippen LogP contribution is 2.60. The van der Waals surface area contributed by atoms with E-state index in [-0.39, 0.29) is 103 Å². The number of hydrogen-bond acceptors (Lipinski definition) is 11. The number of ether oxygens (including phenoxy) is 4. The molecule has 3 aliphatic heterocycles. The van der Waals surface area contributed by atoms with E-state index in [9.17, 15) is 20.1 Å². The number of esters is 2. The summed E-state index contributed by atoms with van der Waals surface area (Å²) >= 11 is 0. The zero-order valence-electron chi connectivity index (χ0n) is 50.2. The van der Waals surface area contributed by atoms with Crippen LogP contribution < -0.4 is 10.4 Å². The van der Waals surface area contributed by atoms with Gasteiger partial charge in [0.05, 0.1) is 31.8 Å². The van der Waals surface area contributed by atoms with E-state index < -0.39 is 47.9 Å². The summed E-state index contributed by atoms with van der Waals surface area (Å²) in [5, 5.41) is 32.8. The molecule has 450 valence electrons. The van der Waals surface area contributed by atoms with Gasteiger partial charge in [-0.25, -0.2) is 9.59 Å². The van der Waals surface area contributed by atoms with E-state index in [0.29, 0.717) is 59.4 Å². The van der Waals surface area contributed by atoms with Gasteiger partial charge in [0.15, 0.2) is 17.8 Å². The summed E-state index contributed by atoms with van der Waals surface area (Å²) in [5.74, 6) is 6.34. The van der Waals surface area contributed by atoms with Gasteiger partial charge in [-0.15, -0.1) is 0 Å². The van der Waals surface area contributed by atoms with Crippen molar-refractivity contribution in [2.75, 3.05) is 26.9 Å². The van der Waals surface area contributed by atoms with E-state index in [2.05, 4.69) is 115 Å². The summed E-state index contributed by atoms with van der Waals surface area (Å²) in [7, 11) is 1.52. The minimum absolute atomic E-state index is 0.00637. The second-order valence-electron chi connectivity index (χ2n) is 26.7. The smallest absolute Gasteiger partial charge is 0.340 e. The molecule has 0 saturated heterocycles. The first-order valence-corrected chi connectivity index (χ1v) is 32.3. The van der Waals surface area contributed by atoms with Crippen LogP contribution in [0.2, 0.25) is 0 Å². The van der Waals surface area contributed by atoms with E-state index >= 15 is 9.59 Å². The third kappa shape index (κ3) is 10.0. The molecule has 8 aliphatic rings. The van der Waals surface area contributed by atoms with E-state index in [0.717, 1.165) is 48.8 Å². The summed E-state index contributed by atoms with van der Waals surface area (Å²) in [4.78, 5) is 46.4. The lowest BCUT2D eigenvalue weighted by atomic mass is 9.54. The standard InChI is InChI=1S/C76H80O11/c1-45(42-78)58-27-20-46-21-28-60-51(36-46)14-7-10-34-76(57-39-52-23-22-47-12-3-5-18-59(47)63(52)41-57)72(86-73(58)81)71(69-66(87-76)31-30-62-64(43-79)68(74(82)85-70(62)69)53(32-35-77)44-83-2)84-67(80)40-54-37-50(25-29-61(54)60)49-15-11-17-56(38-49)75-33-9-8-16-55(75)26-24-48-13-4-6-19-65(48)75/h3-6,11-13,15,17-19,21-23,28,30-31,36,38,50,52-55,57,61,63,71-72,77-79H,8-9,14,16,20,24-27,29,32-35,37,39-44H2,1-2H3. The summed E-state index contributed by atoms with van der Waals surface area (Å²) < 4.78 is 34.1. The maximum Gasteiger partial charge on any atom is 0.340 e. The van der Waals surface area contributed by atoms with Gasteiger partial charge in [0.2, 0.25) is 0 Å². The van der Waals surface area contributed by atoms with Gasteiger partial charge in [0, 0.05) is 60.3 Å². The van der Waals surface area contributed by atoms with Crippen LogP contribution in [-0.4, -0.2) is 65.9 Å². The first-order chi connectivity index (χ1) is 42.5. The second-order valence-corrected chi connectivity index (χ2v) is 26.7. The van der Waals surface area contributed by atoms with Crippen molar-refractivity contribution >= 4 is 29.0 Å². The van der Waals surface area contributed by atoms with Crippen LogP contribution in [0.25, 0.3) is 17.0 Å². The third-order valence-corrected chi connectivity index (χ3v) is 22.3. The Balaban J connectivity index is 0.944. The molecule has 11 nitrogen and oxygen atoms in total. The van der Waals surface area contributed by atoms with Crippen molar-refractivity contribution in [2.24, 2.45) is 23.7 Å². The molecule has 0 radical (unpaired) electrons. The number of allylic oxidation sites excluding steroid dienone is 1. The van der Waals surface area contributed by atoms with Crippen LogP contribution >= 0.6 is 0 Å². The largest absolute Gasteiger partial charge is 0.481 e. The Labute approximate surface area is 510 Å². The van der Waals surface area contributed by atoms with E-state index in [1.54, 1.807) is 19.1 Å². The number of aliphatic hydroxyl groups excluding tert-OH is 3. The number of fused-ring (bicyclic) bond motifs is 15. The summed E-state index contributed by atoms with van der Waals surface area (Å²) in [6.07, 6.45) is 14.3. The monoisotopic (exact) mass is 1170 g/mol. The van der Waals surface area contributed by atoms with Crippen molar-refractivity contribution in [3.8, 4) is 17.6 Å². The minimum Gasteiger partial charge on any atom is -0.481 e. The predicted molar refractivity (Wildman–Crippen MR) is 333 cm³/mol. The molecular weight excluding hydrogens is 1090 g/mol. The average Bonchev–Trinajstić information content (AvgIpc) is 1.64. The molecule has 3 N–H and O–H groups in total. The fraction of sp³-hybridized carbons (Fsp3) is 0.461. The molecule has 12 unspecified atom stereocenters. The molecule has 3 fully saturated rings. The number of aryl methyl sites for hydroxylation is 2. The highest BCUT2D eigenvalue weighted by molar-refractivity contribution is 5.90. The molecule has 5 aliphatic carbocycles. The van der Waals surface area contributed by atoms with Crippen LogP contribution in [0.5, 0.6) is 5.75 Å². The fourth-order valence-electron chi connectivity index (χ4n) is 18.2. The molecule has 87 heavy (non-hydrogen) atoms. The summed E-state index contributed by atoms with van der Waals surface area (Å²) in [6, 6.07) is 37.4. The van der Waals surface area contributed by atoms with Gasteiger partial charge in [0.1, 0.15) is 11.3 Å². The third-order valence-electron chi connectivity index (χ3n) is 22.3. The van der Waals surface area contributed by atoms with Gasteiger partial charge in [-0.2, -0.15) is 0 Å². The van der Waals surface area contributed by atoms with Gasteiger partial charge < -0.3 is 38.7 Å². The Kier molecular flexibility index (Phi) is 15.8. The molecule has 0 spiro atoms. The Bertz CT molecular complexity index is 3850. The lowest BCUT2D eigenvalue weighted by Crippen LogP contribution is -2.60. The number of benzene rings is 5. The quantitative estimate of drug-likeness (QED) is 0.0518. The topological polar surface area (TPSA) is 162 Å². The van der Waals surface area contributed by atoms with Gasteiger partial charge in [-0.05, 0) is 193 Å². The molecule has 12 atom stereocenters. The van der Waals surface area contributed by atoms with Crippen molar-refractivity contribution in [2.45, 2.75) is 170 Å². The van der Waals surface area contributed by atoms with Gasteiger partial charge in [-0.3, -0.25) is 4.79 Å². The molecule has 4 heterocycles. The highest BCUT2D eigenvalue weighted by atomic mass is 16.6. The number of carbonyl (C=O) groups is 2. The highest BCUT2D eigenvalue weighted by Gasteiger charge is 2.62. The molecule has 1 aromatic heterocycles. The molecule has 3 saturated carbocycles. The van der Waals surface area contributed by atoms with Gasteiger partial charge in [-0.1, -0.05) is 128 Å². The molecule has 11 heteroatoms. The van der Waals surface area contributed by atoms with E-state index in [1.165, 1.54) is 66.2 Å². The minimum atomic E-state index is -1.44. The fourth-order valence-corrected chi connectivity index (χ4v) is 18.2. The molecular formula is C76H80O11. The van der Waals surface area contributed by atoms with Crippen molar-refractivity contribution in [3.63, 3.8) is 0 Å². The van der Waals surface area contributed by atoms with Gasteiger partial charge >= 0.3 is 17.6 Å². The van der Waals surface area contributed by atoms with Crippen molar-refractivity contribution in [1.29, 1.82) is 0 Å². The second kappa shape index (κ2) is 23.8. The van der Waals surface area contributed by atoms with Crippen LogP contribution in [0.1, 0.15) is 193 Å². The molecule has 5 aromatic carbocycles. The van der Waals surface area contributed by atoms with Crippen LogP contribution in [0.3, 0.4) is 0 Å². The SMILES string of the molecule is COCC(CCO)c1c(CO)c2ccc3c(c2oc1=O)C1OC(=O)CC2CC(c4cccc(C56CCCCC5CCc5ccccc56)c4)CCC2c2ccc4cc2CC#CCC(C2CC5C=Cc6ccccc6C5C2)(O3)C1OC(=O)C(=C(C)CO)CC4. The van der Waals surface area contributed by atoms with Crippen molar-refractivity contribution in [1.82, 2.24) is 0 Å². The van der Waals surface area contributed by atoms with Crippen LogP contribution in [0.4, 0.5) is 0 Å². The first-order valence-electron chi connectivity index (χ1n) is 32.3. The Morgan fingerprint density at radius 2 is 1.67 bits per heavy atom. The number of aliphatic hydroxyl groups is 3. The van der Waals surface area contributed by atoms with Crippen LogP contribution in [0, 0.1) is 35.5 Å². The molecule has 6 aromatic rings. The molecule has 0 amide bonds. The maximum atomic E-state index is 16.0. The lowest BCUT2D eigenvalue weighted by Gasteiger charge is -2.50. The Hall–Kier alpha value is -7.07. The Morgan fingerprint density at radius 3 is 2.53 bits per heavy atom. The average molecular weight is 1170 g/mol. The molecule has 5 bridgehead atoms. The van der Waals surface area contributed by atoms with Crippen molar-refractivity contribution in [3.05, 3.63) is 198 Å². The van der Waals surface area contributed by atoms with E-state index in [1.807, 2.05) is 0 Å². The zero-order chi connectivity index (χ0) is 59.6.